The Hall–Kier alpha value is -2.61. The number of nitrogens with zero attached hydrogens (tertiary/aromatic N) is 2. The summed E-state index contributed by atoms with van der Waals surface area (Å²) < 4.78 is 0. The van der Waals surface area contributed by atoms with Crippen molar-refractivity contribution in [3.05, 3.63) is 46.5 Å². The number of fused-ring (bicyclic) bond motifs is 1. The van der Waals surface area contributed by atoms with Gasteiger partial charge in [-0.2, -0.15) is 0 Å². The normalized spacial score (nSPS) is 16.4. The molecule has 1 aromatic heterocycles. The largest absolute Gasteiger partial charge is 0.481 e. The number of anilines is 1. The predicted molar refractivity (Wildman–Crippen MR) is 105 cm³/mol. The number of nitrogens with one attached hydrogen (secondary N) is 1. The van der Waals surface area contributed by atoms with Crippen LogP contribution in [0.3, 0.4) is 0 Å². The van der Waals surface area contributed by atoms with Crippen LogP contribution in [0.4, 0.5) is 9.93 Å². The molecule has 2 aromatic rings. The smallest absolute Gasteiger partial charge is 0.317 e. The van der Waals surface area contributed by atoms with E-state index < -0.39 is 5.97 Å². The zero-order valence-corrected chi connectivity index (χ0v) is 15.9. The van der Waals surface area contributed by atoms with Gasteiger partial charge in [-0.15, -0.1) is 11.3 Å². The summed E-state index contributed by atoms with van der Waals surface area (Å²) in [6.45, 7) is 1.61. The first-order valence-corrected chi connectivity index (χ1v) is 9.93. The molecule has 27 heavy (non-hydrogen) atoms. The van der Waals surface area contributed by atoms with E-state index in [4.69, 9.17) is 5.73 Å². The van der Waals surface area contributed by atoms with Gasteiger partial charge in [0.25, 0.3) is 0 Å². The summed E-state index contributed by atoms with van der Waals surface area (Å²) in [7, 11) is 0. The molecule has 8 heteroatoms. The maximum atomic E-state index is 12.6. The van der Waals surface area contributed by atoms with Gasteiger partial charge in [0.2, 0.25) is 0 Å². The van der Waals surface area contributed by atoms with E-state index in [1.165, 1.54) is 11.3 Å². The molecule has 144 valence electrons. The lowest BCUT2D eigenvalue weighted by atomic mass is 9.90. The quantitative estimate of drug-likeness (QED) is 0.660. The zero-order chi connectivity index (χ0) is 19.2. The molecular weight excluding hydrogens is 364 g/mol. The first-order chi connectivity index (χ1) is 13.0. The molecule has 1 unspecified atom stereocenters. The first-order valence-electron chi connectivity index (χ1n) is 9.05. The molecule has 3 rings (SSSR count). The van der Waals surface area contributed by atoms with Gasteiger partial charge in [0.15, 0.2) is 5.13 Å². The number of thiazole rings is 1. The summed E-state index contributed by atoms with van der Waals surface area (Å²) in [4.78, 5) is 29.7. The minimum atomic E-state index is -0.810. The van der Waals surface area contributed by atoms with Crippen LogP contribution in [0.2, 0.25) is 0 Å². The molecule has 1 aliphatic heterocycles. The number of carbonyl (C=O) groups is 2. The van der Waals surface area contributed by atoms with Crippen molar-refractivity contribution < 1.29 is 14.7 Å². The maximum Gasteiger partial charge on any atom is 0.317 e. The number of aryl methyl sites for hydroxylation is 1. The molecule has 0 aliphatic carbocycles. The number of carbonyl (C=O) groups excluding carboxylic acids is 1. The summed E-state index contributed by atoms with van der Waals surface area (Å²) in [6, 6.07) is 7.69. The Kier molecular flexibility index (Phi) is 6.28. The number of hydrogen-bond donors (Lipinski definition) is 3. The van der Waals surface area contributed by atoms with Gasteiger partial charge in [0, 0.05) is 25.0 Å². The van der Waals surface area contributed by atoms with E-state index in [0.717, 1.165) is 29.7 Å². The number of nitrogen functional groups attached to an aromatic ring is 1. The Morgan fingerprint density at radius 1 is 1.37 bits per heavy atom. The van der Waals surface area contributed by atoms with Crippen LogP contribution in [0.15, 0.2) is 29.6 Å². The van der Waals surface area contributed by atoms with Crippen LogP contribution in [0, 0.1) is 0 Å². The molecule has 1 aliphatic rings. The van der Waals surface area contributed by atoms with E-state index >= 15 is 0 Å². The zero-order valence-electron chi connectivity index (χ0n) is 15.1. The highest BCUT2D eigenvalue weighted by Crippen LogP contribution is 2.31. The predicted octanol–water partition coefficient (Wildman–Crippen LogP) is 2.83. The summed E-state index contributed by atoms with van der Waals surface area (Å²) in [5.41, 5.74) is 8.63. The fourth-order valence-corrected chi connectivity index (χ4v) is 4.04. The Bertz CT molecular complexity index is 808. The highest BCUT2D eigenvalue weighted by Gasteiger charge is 2.26. The highest BCUT2D eigenvalue weighted by atomic mass is 32.1. The lowest BCUT2D eigenvalue weighted by molar-refractivity contribution is -0.137. The maximum absolute atomic E-state index is 12.6. The van der Waals surface area contributed by atoms with E-state index in [2.05, 4.69) is 10.3 Å². The molecular formula is C19H24N4O3S. The van der Waals surface area contributed by atoms with Gasteiger partial charge >= 0.3 is 12.0 Å². The number of aliphatic carboxylic acids is 1. The Labute approximate surface area is 162 Å². The molecule has 0 spiro atoms. The first kappa shape index (κ1) is 19.2. The van der Waals surface area contributed by atoms with Crippen molar-refractivity contribution in [3.63, 3.8) is 0 Å². The van der Waals surface area contributed by atoms with Crippen LogP contribution in [0.1, 0.15) is 42.0 Å². The number of carboxylic acids is 1. The monoisotopic (exact) mass is 388 g/mol. The van der Waals surface area contributed by atoms with Crippen LogP contribution in [-0.4, -0.2) is 40.1 Å². The lowest BCUT2D eigenvalue weighted by Crippen LogP contribution is -2.40. The van der Waals surface area contributed by atoms with E-state index in [1.54, 1.807) is 4.90 Å². The fourth-order valence-electron chi connectivity index (χ4n) is 3.44. The van der Waals surface area contributed by atoms with Crippen LogP contribution in [0.25, 0.3) is 0 Å². The molecule has 0 saturated carbocycles. The molecule has 7 nitrogen and oxygen atoms in total. The topological polar surface area (TPSA) is 109 Å². The van der Waals surface area contributed by atoms with E-state index in [0.29, 0.717) is 31.2 Å². The van der Waals surface area contributed by atoms with Crippen molar-refractivity contribution in [2.24, 2.45) is 0 Å². The Morgan fingerprint density at radius 3 is 2.93 bits per heavy atom. The minimum Gasteiger partial charge on any atom is -0.481 e. The Balaban J connectivity index is 1.55. The molecule has 1 atom stereocenters. The van der Waals surface area contributed by atoms with E-state index in [-0.39, 0.29) is 18.4 Å². The van der Waals surface area contributed by atoms with Gasteiger partial charge in [-0.1, -0.05) is 24.3 Å². The van der Waals surface area contributed by atoms with Crippen molar-refractivity contribution in [2.45, 2.75) is 38.1 Å². The van der Waals surface area contributed by atoms with Crippen LogP contribution in [-0.2, 0) is 17.8 Å². The average molecular weight is 388 g/mol. The SMILES string of the molecule is Nc1nc(CCCNC(=O)N2CCC(CC(=O)O)c3ccccc3C2)cs1. The van der Waals surface area contributed by atoms with Crippen molar-refractivity contribution in [1.29, 1.82) is 0 Å². The standard InChI is InChI=1S/C19H24N4O3S/c20-18-22-15(12-27-18)5-3-8-21-19(26)23-9-7-13(10-17(24)25)16-6-2-1-4-14(16)11-23/h1-2,4,6,12-13H,3,5,7-11H2,(H2,20,22)(H,21,26)(H,24,25). The van der Waals surface area contributed by atoms with Gasteiger partial charge in [-0.05, 0) is 36.3 Å². The summed E-state index contributed by atoms with van der Waals surface area (Å²) >= 11 is 1.42. The Morgan fingerprint density at radius 2 is 2.19 bits per heavy atom. The van der Waals surface area contributed by atoms with Gasteiger partial charge in [0.05, 0.1) is 12.1 Å². The number of benzene rings is 1. The van der Waals surface area contributed by atoms with E-state index in [1.807, 2.05) is 29.6 Å². The highest BCUT2D eigenvalue weighted by molar-refractivity contribution is 7.13. The van der Waals surface area contributed by atoms with Crippen molar-refractivity contribution in [2.75, 3.05) is 18.8 Å². The van der Waals surface area contributed by atoms with Crippen LogP contribution < -0.4 is 11.1 Å². The third kappa shape index (κ3) is 5.19. The second-order valence-corrected chi connectivity index (χ2v) is 7.61. The van der Waals surface area contributed by atoms with Gasteiger partial charge in [0.1, 0.15) is 0 Å². The average Bonchev–Trinajstić information content (AvgIpc) is 2.97. The minimum absolute atomic E-state index is 0.0633. The van der Waals surface area contributed by atoms with Crippen molar-refractivity contribution >= 4 is 28.5 Å². The van der Waals surface area contributed by atoms with E-state index in [9.17, 15) is 14.7 Å². The number of urea groups is 1. The molecule has 0 radical (unpaired) electrons. The van der Waals surface area contributed by atoms with Crippen molar-refractivity contribution in [1.82, 2.24) is 15.2 Å². The second kappa shape index (κ2) is 8.85. The van der Waals surface area contributed by atoms with Crippen LogP contribution in [0.5, 0.6) is 0 Å². The van der Waals surface area contributed by atoms with Gasteiger partial charge < -0.3 is 21.1 Å². The third-order valence-corrected chi connectivity index (χ3v) is 5.49. The summed E-state index contributed by atoms with van der Waals surface area (Å²) in [5.74, 6) is -0.873. The molecule has 4 N–H and O–H groups in total. The molecule has 2 heterocycles. The molecule has 2 amide bonds. The molecule has 0 saturated heterocycles. The fraction of sp³-hybridized carbons (Fsp3) is 0.421. The summed E-state index contributed by atoms with van der Waals surface area (Å²) in [6.07, 6.45) is 2.30. The molecule has 1 aromatic carbocycles. The number of rotatable bonds is 6. The molecule has 0 bridgehead atoms. The van der Waals surface area contributed by atoms with Gasteiger partial charge in [-0.3, -0.25) is 4.79 Å². The number of nitrogens with two attached hydrogens (primary N) is 1. The number of carboxylic acid groups (broad SMARTS) is 1. The second-order valence-electron chi connectivity index (χ2n) is 6.72. The van der Waals surface area contributed by atoms with Gasteiger partial charge in [-0.25, -0.2) is 9.78 Å². The van der Waals surface area contributed by atoms with Crippen LogP contribution >= 0.6 is 11.3 Å². The number of hydrogen-bond acceptors (Lipinski definition) is 5. The number of amides is 2. The number of aromatic nitrogens is 1. The molecule has 0 fully saturated rings. The lowest BCUT2D eigenvalue weighted by Gasteiger charge is -2.21. The third-order valence-electron chi connectivity index (χ3n) is 4.77. The van der Waals surface area contributed by atoms with Crippen molar-refractivity contribution in [3.8, 4) is 0 Å². The summed E-state index contributed by atoms with van der Waals surface area (Å²) in [5, 5.41) is 14.6.